The lowest BCUT2D eigenvalue weighted by Crippen LogP contribution is -2.49. The number of furan rings is 1. The third-order valence-corrected chi connectivity index (χ3v) is 8.28. The molecule has 0 radical (unpaired) electrons. The molecule has 1 amide bonds. The van der Waals surface area contributed by atoms with Gasteiger partial charge in [0.25, 0.3) is 5.91 Å². The van der Waals surface area contributed by atoms with Gasteiger partial charge in [-0.1, -0.05) is 6.42 Å². The molecule has 2 fully saturated rings. The Bertz CT molecular complexity index is 1210. The van der Waals surface area contributed by atoms with Crippen LogP contribution in [0.15, 0.2) is 64.1 Å². The number of piperidine rings is 1. The summed E-state index contributed by atoms with van der Waals surface area (Å²) in [6, 6.07) is 13.7. The molecule has 5 rings (SSSR count). The average Bonchev–Trinajstić information content (AvgIpc) is 3.44. The number of aromatic nitrogens is 2. The van der Waals surface area contributed by atoms with Crippen LogP contribution in [0.4, 0.5) is 5.82 Å². The van der Waals surface area contributed by atoms with Crippen LogP contribution in [-0.4, -0.2) is 73.0 Å². The first-order chi connectivity index (χ1) is 16.5. The molecule has 2 aliphatic heterocycles. The smallest absolute Gasteiger partial charge is 0.253 e. The number of piperazine rings is 1. The quantitative estimate of drug-likeness (QED) is 0.552. The van der Waals surface area contributed by atoms with Gasteiger partial charge in [-0.2, -0.15) is 4.31 Å². The monoisotopic (exact) mass is 481 g/mol. The summed E-state index contributed by atoms with van der Waals surface area (Å²) in [5, 5.41) is 8.55. The standard InChI is InChI=1S/C24H27N5O4S/c30-24(19-6-8-20(9-7-19)34(31,32)29-12-2-1-3-13-29)28-16-14-27(15-17-28)23-11-10-21(25-26-23)22-5-4-18-33-22/h4-11,18H,1-3,12-17H2. The summed E-state index contributed by atoms with van der Waals surface area (Å²) in [6.07, 6.45) is 4.45. The van der Waals surface area contributed by atoms with E-state index in [2.05, 4.69) is 15.1 Å². The van der Waals surface area contributed by atoms with Crippen LogP contribution < -0.4 is 4.90 Å². The van der Waals surface area contributed by atoms with Gasteiger partial charge in [-0.25, -0.2) is 8.42 Å². The first-order valence-electron chi connectivity index (χ1n) is 11.5. The molecule has 0 aliphatic carbocycles. The highest BCUT2D eigenvalue weighted by molar-refractivity contribution is 7.89. The van der Waals surface area contributed by atoms with Crippen molar-refractivity contribution in [3.8, 4) is 11.5 Å². The fourth-order valence-electron chi connectivity index (χ4n) is 4.39. The number of anilines is 1. The lowest BCUT2D eigenvalue weighted by molar-refractivity contribution is 0.0746. The summed E-state index contributed by atoms with van der Waals surface area (Å²) >= 11 is 0. The Morgan fingerprint density at radius 3 is 2.18 bits per heavy atom. The van der Waals surface area contributed by atoms with E-state index < -0.39 is 10.0 Å². The second kappa shape index (κ2) is 9.55. The topological polar surface area (TPSA) is 99.9 Å². The SMILES string of the molecule is O=C(c1ccc(S(=O)(=O)N2CCCCC2)cc1)N1CCN(c2ccc(-c3ccco3)nn2)CC1. The maximum Gasteiger partial charge on any atom is 0.253 e. The Hall–Kier alpha value is -3.24. The van der Waals surface area contributed by atoms with Crippen molar-refractivity contribution in [2.75, 3.05) is 44.2 Å². The van der Waals surface area contributed by atoms with Crippen LogP contribution in [0.5, 0.6) is 0 Å². The molecule has 0 saturated carbocycles. The highest BCUT2D eigenvalue weighted by Gasteiger charge is 2.27. The lowest BCUT2D eigenvalue weighted by atomic mass is 10.2. The van der Waals surface area contributed by atoms with Crippen molar-refractivity contribution in [1.82, 2.24) is 19.4 Å². The zero-order chi connectivity index (χ0) is 23.5. The minimum Gasteiger partial charge on any atom is -0.463 e. The Morgan fingerprint density at radius 1 is 0.824 bits per heavy atom. The van der Waals surface area contributed by atoms with Gasteiger partial charge >= 0.3 is 0 Å². The van der Waals surface area contributed by atoms with Crippen LogP contribution >= 0.6 is 0 Å². The van der Waals surface area contributed by atoms with Gasteiger partial charge in [0.1, 0.15) is 5.69 Å². The van der Waals surface area contributed by atoms with E-state index in [4.69, 9.17) is 4.42 Å². The Morgan fingerprint density at radius 2 is 1.56 bits per heavy atom. The number of amides is 1. The number of hydrogen-bond donors (Lipinski definition) is 0. The van der Waals surface area contributed by atoms with Gasteiger partial charge in [0.05, 0.1) is 11.2 Å². The molecule has 9 nitrogen and oxygen atoms in total. The molecule has 0 atom stereocenters. The van der Waals surface area contributed by atoms with Crippen molar-refractivity contribution in [2.45, 2.75) is 24.2 Å². The van der Waals surface area contributed by atoms with Crippen LogP contribution in [0, 0.1) is 0 Å². The minimum absolute atomic E-state index is 0.0965. The molecule has 2 saturated heterocycles. The van der Waals surface area contributed by atoms with E-state index in [1.165, 1.54) is 4.31 Å². The first-order valence-corrected chi connectivity index (χ1v) is 13.0. The minimum atomic E-state index is -3.50. The number of hydrogen-bond acceptors (Lipinski definition) is 7. The Kier molecular flexibility index (Phi) is 6.34. The van der Waals surface area contributed by atoms with Crippen LogP contribution in [0.3, 0.4) is 0 Å². The van der Waals surface area contributed by atoms with Crippen LogP contribution in [0.25, 0.3) is 11.5 Å². The molecule has 0 N–H and O–H groups in total. The molecule has 2 aliphatic rings. The summed E-state index contributed by atoms with van der Waals surface area (Å²) in [7, 11) is -3.50. The molecule has 0 bridgehead atoms. The number of benzene rings is 1. The number of nitrogens with zero attached hydrogens (tertiary/aromatic N) is 5. The lowest BCUT2D eigenvalue weighted by Gasteiger charge is -2.35. The van der Waals surface area contributed by atoms with Crippen molar-refractivity contribution in [1.29, 1.82) is 0 Å². The van der Waals surface area contributed by atoms with E-state index in [1.54, 1.807) is 35.4 Å². The van der Waals surface area contributed by atoms with Gasteiger partial charge < -0.3 is 14.2 Å². The van der Waals surface area contributed by atoms with Crippen LogP contribution in [0.2, 0.25) is 0 Å². The Labute approximate surface area is 199 Å². The highest BCUT2D eigenvalue weighted by Crippen LogP contribution is 2.22. The summed E-state index contributed by atoms with van der Waals surface area (Å²) < 4.78 is 32.6. The summed E-state index contributed by atoms with van der Waals surface area (Å²) in [4.78, 5) is 17.1. The van der Waals surface area contributed by atoms with Crippen LogP contribution in [-0.2, 0) is 10.0 Å². The van der Waals surface area contributed by atoms with Gasteiger partial charge in [-0.3, -0.25) is 4.79 Å². The summed E-state index contributed by atoms with van der Waals surface area (Å²) in [5.74, 6) is 1.33. The van der Waals surface area contributed by atoms with E-state index in [0.717, 1.165) is 25.1 Å². The van der Waals surface area contributed by atoms with Gasteiger partial charge in [-0.05, 0) is 61.4 Å². The van der Waals surface area contributed by atoms with E-state index >= 15 is 0 Å². The highest BCUT2D eigenvalue weighted by atomic mass is 32.2. The second-order valence-electron chi connectivity index (χ2n) is 8.52. The van der Waals surface area contributed by atoms with Crippen molar-refractivity contribution >= 4 is 21.7 Å². The van der Waals surface area contributed by atoms with Gasteiger partial charge in [0, 0.05) is 44.8 Å². The molecular formula is C24H27N5O4S. The van der Waals surface area contributed by atoms with E-state index in [-0.39, 0.29) is 10.8 Å². The second-order valence-corrected chi connectivity index (χ2v) is 10.5. The van der Waals surface area contributed by atoms with Crippen LogP contribution in [0.1, 0.15) is 29.6 Å². The predicted molar refractivity (Wildman–Crippen MR) is 127 cm³/mol. The molecular weight excluding hydrogens is 454 g/mol. The zero-order valence-corrected chi connectivity index (χ0v) is 19.7. The third-order valence-electron chi connectivity index (χ3n) is 6.37. The van der Waals surface area contributed by atoms with E-state index in [9.17, 15) is 13.2 Å². The largest absolute Gasteiger partial charge is 0.463 e. The molecule has 2 aromatic heterocycles. The van der Waals surface area contributed by atoms with Crippen molar-refractivity contribution in [3.63, 3.8) is 0 Å². The third kappa shape index (κ3) is 4.55. The van der Waals surface area contributed by atoms with Crippen molar-refractivity contribution < 1.29 is 17.6 Å². The molecule has 1 aromatic carbocycles. The van der Waals surface area contributed by atoms with Gasteiger partial charge in [0.2, 0.25) is 10.0 Å². The molecule has 178 valence electrons. The maximum absolute atomic E-state index is 13.0. The maximum atomic E-state index is 13.0. The molecule has 0 spiro atoms. The normalized spacial score (nSPS) is 17.6. The fourth-order valence-corrected chi connectivity index (χ4v) is 5.91. The Balaban J connectivity index is 1.19. The summed E-state index contributed by atoms with van der Waals surface area (Å²) in [5.41, 5.74) is 1.17. The van der Waals surface area contributed by atoms with Crippen molar-refractivity contribution in [3.05, 3.63) is 60.4 Å². The number of carbonyl (C=O) groups excluding carboxylic acids is 1. The molecule has 10 heteroatoms. The summed E-state index contributed by atoms with van der Waals surface area (Å²) in [6.45, 7) is 3.50. The molecule has 3 aromatic rings. The number of sulfonamides is 1. The number of rotatable bonds is 5. The molecule has 4 heterocycles. The zero-order valence-electron chi connectivity index (χ0n) is 18.8. The molecule has 0 unspecified atom stereocenters. The van der Waals surface area contributed by atoms with Gasteiger partial charge in [-0.15, -0.1) is 10.2 Å². The van der Waals surface area contributed by atoms with Crippen molar-refractivity contribution in [2.24, 2.45) is 0 Å². The van der Waals surface area contributed by atoms with Gasteiger partial charge in [0.15, 0.2) is 11.6 Å². The number of carbonyl (C=O) groups is 1. The van der Waals surface area contributed by atoms with E-state index in [0.29, 0.717) is 56.3 Å². The first kappa shape index (κ1) is 22.5. The molecule has 34 heavy (non-hydrogen) atoms. The fraction of sp³-hybridized carbons (Fsp3) is 0.375. The average molecular weight is 482 g/mol. The van der Waals surface area contributed by atoms with E-state index in [1.807, 2.05) is 24.3 Å². The predicted octanol–water partition coefficient (Wildman–Crippen LogP) is 2.87.